The molecule has 0 spiro atoms. The maximum absolute atomic E-state index is 14.1. The topological polar surface area (TPSA) is 12.0 Å². The summed E-state index contributed by atoms with van der Waals surface area (Å²) in [5, 5.41) is 3.11. The highest BCUT2D eigenvalue weighted by atomic mass is 19.1. The second kappa shape index (κ2) is 3.11. The van der Waals surface area contributed by atoms with E-state index in [9.17, 15) is 4.39 Å². The number of halogens is 1. The van der Waals surface area contributed by atoms with E-state index in [-0.39, 0.29) is 0 Å². The maximum atomic E-state index is 14.1. The van der Waals surface area contributed by atoms with Crippen molar-refractivity contribution in [1.82, 2.24) is 5.32 Å². The van der Waals surface area contributed by atoms with Crippen molar-refractivity contribution in [2.75, 3.05) is 13.1 Å². The number of hydrogen-bond donors (Lipinski definition) is 1. The lowest BCUT2D eigenvalue weighted by molar-refractivity contribution is 0.191. The van der Waals surface area contributed by atoms with E-state index in [0.29, 0.717) is 6.54 Å². The highest BCUT2D eigenvalue weighted by Crippen LogP contribution is 2.29. The molecule has 0 radical (unpaired) electrons. The van der Waals surface area contributed by atoms with Crippen LogP contribution in [0.3, 0.4) is 0 Å². The molecule has 1 aromatic rings. The van der Waals surface area contributed by atoms with E-state index in [1.165, 1.54) is 0 Å². The van der Waals surface area contributed by atoms with Crippen LogP contribution in [0.2, 0.25) is 0 Å². The summed E-state index contributed by atoms with van der Waals surface area (Å²) in [5.74, 6) is 0. The van der Waals surface area contributed by atoms with Crippen molar-refractivity contribution >= 4 is 0 Å². The van der Waals surface area contributed by atoms with Crippen LogP contribution in [0.5, 0.6) is 0 Å². The highest BCUT2D eigenvalue weighted by Gasteiger charge is 2.29. The van der Waals surface area contributed by atoms with Gasteiger partial charge in [0.05, 0.1) is 0 Å². The predicted molar refractivity (Wildman–Crippen MR) is 51.5 cm³/mol. The average molecular weight is 179 g/mol. The van der Waals surface area contributed by atoms with E-state index in [4.69, 9.17) is 0 Å². The monoisotopic (exact) mass is 179 g/mol. The molecule has 1 unspecified atom stereocenters. The number of alkyl halides is 1. The van der Waals surface area contributed by atoms with Gasteiger partial charge in [-0.25, -0.2) is 4.39 Å². The van der Waals surface area contributed by atoms with E-state index in [0.717, 1.165) is 24.1 Å². The molecule has 1 N–H and O–H groups in total. The number of rotatable bonds is 0. The molecule has 1 aliphatic heterocycles. The third-order valence-corrected chi connectivity index (χ3v) is 2.61. The zero-order valence-electron chi connectivity index (χ0n) is 7.81. The Bertz CT molecular complexity index is 307. The van der Waals surface area contributed by atoms with Crippen molar-refractivity contribution in [1.29, 1.82) is 0 Å². The summed E-state index contributed by atoms with van der Waals surface area (Å²) in [6, 6.07) is 7.78. The molecule has 1 heterocycles. The number of hydrogen-bond acceptors (Lipinski definition) is 1. The summed E-state index contributed by atoms with van der Waals surface area (Å²) < 4.78 is 14.1. The molecule has 2 heteroatoms. The van der Waals surface area contributed by atoms with Crippen molar-refractivity contribution in [3.8, 4) is 0 Å². The zero-order valence-corrected chi connectivity index (χ0v) is 7.81. The molecule has 0 fully saturated rings. The molecule has 1 aromatic carbocycles. The van der Waals surface area contributed by atoms with Crippen LogP contribution in [-0.4, -0.2) is 13.1 Å². The fraction of sp³-hybridized carbons (Fsp3) is 0.455. The Kier molecular flexibility index (Phi) is 2.08. The molecule has 0 bridgehead atoms. The van der Waals surface area contributed by atoms with E-state index in [1.807, 2.05) is 24.3 Å². The Morgan fingerprint density at radius 1 is 1.38 bits per heavy atom. The van der Waals surface area contributed by atoms with Gasteiger partial charge in [0.1, 0.15) is 5.67 Å². The van der Waals surface area contributed by atoms with Crippen molar-refractivity contribution < 1.29 is 4.39 Å². The van der Waals surface area contributed by atoms with Crippen LogP contribution >= 0.6 is 0 Å². The van der Waals surface area contributed by atoms with Gasteiger partial charge in [0.15, 0.2) is 0 Å². The summed E-state index contributed by atoms with van der Waals surface area (Å²) >= 11 is 0. The van der Waals surface area contributed by atoms with Gasteiger partial charge in [-0.1, -0.05) is 24.3 Å². The molecule has 0 saturated carbocycles. The Labute approximate surface area is 78.0 Å². The fourth-order valence-electron chi connectivity index (χ4n) is 1.89. The van der Waals surface area contributed by atoms with Gasteiger partial charge in [-0.3, -0.25) is 0 Å². The highest BCUT2D eigenvalue weighted by molar-refractivity contribution is 5.33. The molecule has 1 atom stereocenters. The lowest BCUT2D eigenvalue weighted by Crippen LogP contribution is -2.29. The van der Waals surface area contributed by atoms with Gasteiger partial charge in [-0.05, 0) is 31.0 Å². The second-order valence-corrected chi connectivity index (χ2v) is 3.78. The number of nitrogens with one attached hydrogen (secondary N) is 1. The molecule has 0 amide bonds. The van der Waals surface area contributed by atoms with Gasteiger partial charge in [-0.15, -0.1) is 0 Å². The van der Waals surface area contributed by atoms with Crippen LogP contribution in [-0.2, 0) is 12.1 Å². The number of benzene rings is 1. The molecule has 1 aliphatic rings. The Morgan fingerprint density at radius 3 is 3.00 bits per heavy atom. The van der Waals surface area contributed by atoms with Gasteiger partial charge < -0.3 is 5.32 Å². The predicted octanol–water partition coefficient (Wildman–Crippen LogP) is 2.02. The van der Waals surface area contributed by atoms with Crippen LogP contribution in [0.4, 0.5) is 4.39 Å². The molecule has 0 aliphatic carbocycles. The minimum absolute atomic E-state index is 0.421. The van der Waals surface area contributed by atoms with Crippen LogP contribution in [0, 0.1) is 0 Å². The maximum Gasteiger partial charge on any atom is 0.145 e. The van der Waals surface area contributed by atoms with Crippen molar-refractivity contribution in [2.24, 2.45) is 0 Å². The van der Waals surface area contributed by atoms with Gasteiger partial charge in [0.2, 0.25) is 0 Å². The van der Waals surface area contributed by atoms with Gasteiger partial charge in [-0.2, -0.15) is 0 Å². The first-order chi connectivity index (χ1) is 6.20. The summed E-state index contributed by atoms with van der Waals surface area (Å²) in [6.07, 6.45) is 0.926. The summed E-state index contributed by atoms with van der Waals surface area (Å²) in [7, 11) is 0. The van der Waals surface area contributed by atoms with Crippen LogP contribution < -0.4 is 5.32 Å². The van der Waals surface area contributed by atoms with E-state index < -0.39 is 5.67 Å². The minimum Gasteiger partial charge on any atom is -0.313 e. The van der Waals surface area contributed by atoms with Gasteiger partial charge in [0.25, 0.3) is 0 Å². The minimum atomic E-state index is -1.22. The lowest BCUT2D eigenvalue weighted by Gasteiger charge is -2.20. The molecular weight excluding hydrogens is 165 g/mol. The molecule has 70 valence electrons. The lowest BCUT2D eigenvalue weighted by atomic mass is 9.93. The molecular formula is C11H14FN. The smallest absolute Gasteiger partial charge is 0.145 e. The molecule has 0 aromatic heterocycles. The van der Waals surface area contributed by atoms with E-state index >= 15 is 0 Å². The second-order valence-electron chi connectivity index (χ2n) is 3.78. The quantitative estimate of drug-likeness (QED) is 0.642. The molecule has 13 heavy (non-hydrogen) atoms. The largest absolute Gasteiger partial charge is 0.313 e. The third-order valence-electron chi connectivity index (χ3n) is 2.61. The van der Waals surface area contributed by atoms with Crippen LogP contribution in [0.1, 0.15) is 18.1 Å². The van der Waals surface area contributed by atoms with E-state index in [1.54, 1.807) is 6.92 Å². The number of fused-ring (bicyclic) bond motifs is 1. The summed E-state index contributed by atoms with van der Waals surface area (Å²) in [5.41, 5.74) is 0.769. The van der Waals surface area contributed by atoms with Crippen molar-refractivity contribution in [2.45, 2.75) is 19.0 Å². The summed E-state index contributed by atoms with van der Waals surface area (Å²) in [4.78, 5) is 0. The Balaban J connectivity index is 2.48. The van der Waals surface area contributed by atoms with Crippen molar-refractivity contribution in [3.63, 3.8) is 0 Å². The first kappa shape index (κ1) is 8.70. The van der Waals surface area contributed by atoms with Crippen molar-refractivity contribution in [3.05, 3.63) is 35.4 Å². The first-order valence-corrected chi connectivity index (χ1v) is 4.68. The van der Waals surface area contributed by atoms with Crippen LogP contribution in [0.25, 0.3) is 0 Å². The average Bonchev–Trinajstić information content (AvgIpc) is 2.26. The van der Waals surface area contributed by atoms with Crippen LogP contribution in [0.15, 0.2) is 24.3 Å². The Morgan fingerprint density at radius 2 is 2.15 bits per heavy atom. The standard InChI is InChI=1S/C11H14FN/c1-11(12)8-13-7-6-9-4-2-3-5-10(9)11/h2-5,13H,6-8H2,1H3. The van der Waals surface area contributed by atoms with Gasteiger partial charge >= 0.3 is 0 Å². The first-order valence-electron chi connectivity index (χ1n) is 4.68. The van der Waals surface area contributed by atoms with E-state index in [2.05, 4.69) is 5.32 Å². The van der Waals surface area contributed by atoms with Gasteiger partial charge in [0, 0.05) is 6.54 Å². The summed E-state index contributed by atoms with van der Waals surface area (Å²) in [6.45, 7) is 2.94. The zero-order chi connectivity index (χ0) is 9.31. The fourth-order valence-corrected chi connectivity index (χ4v) is 1.89. The SMILES string of the molecule is CC1(F)CNCCc2ccccc21. The third kappa shape index (κ3) is 1.59. The molecule has 0 saturated heterocycles. The normalized spacial score (nSPS) is 27.8. The molecule has 1 nitrogen and oxygen atoms in total. The Hall–Kier alpha value is -0.890. The molecule has 2 rings (SSSR count).